The molecule has 0 aliphatic carbocycles. The molecule has 0 amide bonds. The topological polar surface area (TPSA) is 51.1 Å². The summed E-state index contributed by atoms with van der Waals surface area (Å²) in [5.74, 6) is 0.483. The van der Waals surface area contributed by atoms with Gasteiger partial charge in [-0.25, -0.2) is 9.79 Å². The van der Waals surface area contributed by atoms with Crippen LogP contribution in [0.25, 0.3) is 10.8 Å². The van der Waals surface area contributed by atoms with E-state index in [0.29, 0.717) is 17.9 Å². The van der Waals surface area contributed by atoms with E-state index in [1.54, 1.807) is 18.9 Å². The van der Waals surface area contributed by atoms with Gasteiger partial charge in [-0.05, 0) is 36.3 Å². The van der Waals surface area contributed by atoms with Crippen LogP contribution in [0, 0.1) is 0 Å². The lowest BCUT2D eigenvalue weighted by Crippen LogP contribution is -2.34. The number of fused-ring (bicyclic) bond motifs is 2. The summed E-state index contributed by atoms with van der Waals surface area (Å²) in [5.41, 5.74) is 2.29. The van der Waals surface area contributed by atoms with E-state index in [9.17, 15) is 4.79 Å². The molecule has 4 rings (SSSR count). The maximum Gasteiger partial charge on any atom is 0.338 e. The first-order chi connectivity index (χ1) is 13.2. The maximum absolute atomic E-state index is 12.8. The number of esters is 1. The zero-order valence-corrected chi connectivity index (χ0v) is 16.2. The maximum atomic E-state index is 12.8. The Hall–Kier alpha value is -2.73. The van der Waals surface area contributed by atoms with E-state index < -0.39 is 0 Å². The molecule has 0 radical (unpaired) electrons. The largest absolute Gasteiger partial charge is 0.496 e. The molecule has 0 spiro atoms. The average Bonchev–Trinajstić information content (AvgIpc) is 3.14. The SMILES string of the molecule is CCOC(=O)C1=C(C)N=C2SC=CN2[C@@H]1c1ccc(OC)c2ccccc12. The molecule has 5 nitrogen and oxygen atoms in total. The molecule has 2 aliphatic heterocycles. The molecule has 0 unspecified atom stereocenters. The van der Waals surface area contributed by atoms with Gasteiger partial charge in [-0.1, -0.05) is 42.1 Å². The Morgan fingerprint density at radius 1 is 1.22 bits per heavy atom. The van der Waals surface area contributed by atoms with E-state index in [2.05, 4.69) is 11.1 Å². The Morgan fingerprint density at radius 2 is 2.00 bits per heavy atom. The van der Waals surface area contributed by atoms with Crippen LogP contribution in [0.3, 0.4) is 0 Å². The Kier molecular flexibility index (Phi) is 4.66. The van der Waals surface area contributed by atoms with Gasteiger partial charge in [-0.3, -0.25) is 0 Å². The van der Waals surface area contributed by atoms with E-state index >= 15 is 0 Å². The minimum atomic E-state index is -0.326. The second-order valence-corrected chi connectivity index (χ2v) is 7.10. The van der Waals surface area contributed by atoms with Crippen LogP contribution in [-0.2, 0) is 9.53 Å². The summed E-state index contributed by atoms with van der Waals surface area (Å²) in [5, 5.41) is 4.91. The van der Waals surface area contributed by atoms with Crippen molar-refractivity contribution in [1.82, 2.24) is 4.90 Å². The lowest BCUT2D eigenvalue weighted by Gasteiger charge is -2.34. The van der Waals surface area contributed by atoms with Gasteiger partial charge in [0.2, 0.25) is 0 Å². The molecule has 0 fully saturated rings. The third-order valence-electron chi connectivity index (χ3n) is 4.75. The summed E-state index contributed by atoms with van der Waals surface area (Å²) in [6.45, 7) is 4.01. The lowest BCUT2D eigenvalue weighted by molar-refractivity contribution is -0.139. The molecule has 2 aromatic carbocycles. The van der Waals surface area contributed by atoms with Gasteiger partial charge in [-0.15, -0.1) is 0 Å². The molecule has 2 aromatic rings. The molecule has 27 heavy (non-hydrogen) atoms. The van der Waals surface area contributed by atoms with Crippen LogP contribution >= 0.6 is 11.8 Å². The molecular weight excluding hydrogens is 360 g/mol. The fourth-order valence-electron chi connectivity index (χ4n) is 3.59. The van der Waals surface area contributed by atoms with Crippen molar-refractivity contribution in [3.63, 3.8) is 0 Å². The first kappa shape index (κ1) is 17.7. The van der Waals surface area contributed by atoms with Crippen molar-refractivity contribution in [2.24, 2.45) is 4.99 Å². The normalized spacial score (nSPS) is 18.6. The minimum Gasteiger partial charge on any atom is -0.496 e. The molecular formula is C21H20N2O3S. The predicted molar refractivity (Wildman–Crippen MR) is 109 cm³/mol. The van der Waals surface area contributed by atoms with E-state index in [0.717, 1.165) is 27.3 Å². The molecule has 0 N–H and O–H groups in total. The first-order valence-corrected chi connectivity index (χ1v) is 9.67. The first-order valence-electron chi connectivity index (χ1n) is 8.79. The number of carbonyl (C=O) groups excluding carboxylic acids is 1. The van der Waals surface area contributed by atoms with Crippen molar-refractivity contribution < 1.29 is 14.3 Å². The number of hydrogen-bond acceptors (Lipinski definition) is 6. The third-order valence-corrected chi connectivity index (χ3v) is 5.52. The fourth-order valence-corrected chi connectivity index (χ4v) is 4.38. The van der Waals surface area contributed by atoms with E-state index in [1.807, 2.05) is 60.7 Å². The fraction of sp³-hybridized carbons (Fsp3) is 0.238. The van der Waals surface area contributed by atoms with Gasteiger partial charge < -0.3 is 14.4 Å². The summed E-state index contributed by atoms with van der Waals surface area (Å²) in [6.07, 6.45) is 1.97. The number of aliphatic imine (C=N–C) groups is 1. The van der Waals surface area contributed by atoms with Crippen molar-refractivity contribution in [3.8, 4) is 5.75 Å². The predicted octanol–water partition coefficient (Wildman–Crippen LogP) is 4.62. The monoisotopic (exact) mass is 380 g/mol. The Balaban J connectivity index is 1.95. The summed E-state index contributed by atoms with van der Waals surface area (Å²) in [7, 11) is 1.67. The van der Waals surface area contributed by atoms with Gasteiger partial charge in [0.25, 0.3) is 0 Å². The van der Waals surface area contributed by atoms with Crippen LogP contribution in [0.5, 0.6) is 5.75 Å². The molecule has 6 heteroatoms. The number of allylic oxidation sites excluding steroid dienone is 1. The number of hydrogen-bond donors (Lipinski definition) is 0. The smallest absolute Gasteiger partial charge is 0.338 e. The highest BCUT2D eigenvalue weighted by molar-refractivity contribution is 8.16. The second kappa shape index (κ2) is 7.12. The van der Waals surface area contributed by atoms with Crippen molar-refractivity contribution in [3.05, 3.63) is 64.8 Å². The molecule has 2 heterocycles. The quantitative estimate of drug-likeness (QED) is 0.725. The summed E-state index contributed by atoms with van der Waals surface area (Å²) in [4.78, 5) is 19.5. The minimum absolute atomic E-state index is 0.293. The van der Waals surface area contributed by atoms with E-state index in [-0.39, 0.29) is 12.0 Å². The number of benzene rings is 2. The van der Waals surface area contributed by atoms with Crippen LogP contribution in [-0.4, -0.2) is 29.8 Å². The summed E-state index contributed by atoms with van der Waals surface area (Å²) < 4.78 is 10.9. The molecule has 138 valence electrons. The van der Waals surface area contributed by atoms with Crippen LogP contribution in [0.4, 0.5) is 0 Å². The number of rotatable bonds is 4. The number of nitrogens with zero attached hydrogens (tertiary/aromatic N) is 2. The molecule has 0 saturated carbocycles. The van der Waals surface area contributed by atoms with Gasteiger partial charge in [0.05, 0.1) is 31.0 Å². The van der Waals surface area contributed by atoms with Gasteiger partial charge in [0, 0.05) is 11.6 Å². The average molecular weight is 380 g/mol. The number of carbonyl (C=O) groups is 1. The van der Waals surface area contributed by atoms with E-state index in [1.165, 1.54) is 0 Å². The Morgan fingerprint density at radius 3 is 2.74 bits per heavy atom. The highest BCUT2D eigenvalue weighted by Crippen LogP contribution is 2.44. The van der Waals surface area contributed by atoms with Crippen LogP contribution in [0.15, 0.2) is 64.3 Å². The Labute approximate surface area is 162 Å². The summed E-state index contributed by atoms with van der Waals surface area (Å²) >= 11 is 1.55. The number of methoxy groups -OCH3 is 1. The van der Waals surface area contributed by atoms with Crippen molar-refractivity contribution >= 4 is 33.7 Å². The summed E-state index contributed by atoms with van der Waals surface area (Å²) in [6, 6.07) is 11.8. The van der Waals surface area contributed by atoms with Crippen molar-refractivity contribution in [1.29, 1.82) is 0 Å². The van der Waals surface area contributed by atoms with Gasteiger partial charge >= 0.3 is 5.97 Å². The molecule has 1 atom stereocenters. The van der Waals surface area contributed by atoms with Crippen molar-refractivity contribution in [2.75, 3.05) is 13.7 Å². The zero-order valence-electron chi connectivity index (χ0n) is 15.4. The van der Waals surface area contributed by atoms with E-state index in [4.69, 9.17) is 9.47 Å². The van der Waals surface area contributed by atoms with Gasteiger partial charge in [-0.2, -0.15) is 0 Å². The number of amidine groups is 1. The molecule has 0 bridgehead atoms. The van der Waals surface area contributed by atoms with Crippen LogP contribution in [0.1, 0.15) is 25.5 Å². The van der Waals surface area contributed by atoms with Gasteiger partial charge in [0.1, 0.15) is 5.75 Å². The number of ether oxygens (including phenoxy) is 2. The van der Waals surface area contributed by atoms with Crippen molar-refractivity contribution in [2.45, 2.75) is 19.9 Å². The van der Waals surface area contributed by atoms with Crippen LogP contribution < -0.4 is 4.74 Å². The third kappa shape index (κ3) is 2.90. The molecule has 0 saturated heterocycles. The standard InChI is InChI=1S/C21H20N2O3S/c1-4-26-20(24)18-13(2)22-21-23(11-12-27-21)19(18)16-9-10-17(25-3)15-8-6-5-7-14(15)16/h5-12,19H,4H2,1-3H3/t19-/m1/s1. The highest BCUT2D eigenvalue weighted by Gasteiger charge is 2.38. The second-order valence-electron chi connectivity index (χ2n) is 6.23. The van der Waals surface area contributed by atoms with Crippen LogP contribution in [0.2, 0.25) is 0 Å². The molecule has 2 aliphatic rings. The molecule has 0 aromatic heterocycles. The zero-order chi connectivity index (χ0) is 19.0. The van der Waals surface area contributed by atoms with Gasteiger partial charge in [0.15, 0.2) is 5.17 Å². The lowest BCUT2D eigenvalue weighted by atomic mass is 9.90. The Bertz CT molecular complexity index is 1010. The number of thioether (sulfide) groups is 1. The highest BCUT2D eigenvalue weighted by atomic mass is 32.2.